The predicted molar refractivity (Wildman–Crippen MR) is 50.3 cm³/mol. The molecule has 0 amide bonds. The number of rotatable bonds is 3. The molecule has 0 atom stereocenters. The molecule has 1 rings (SSSR count). The van der Waals surface area contributed by atoms with E-state index < -0.39 is 0 Å². The van der Waals surface area contributed by atoms with Crippen molar-refractivity contribution in [2.75, 3.05) is 5.88 Å². The van der Waals surface area contributed by atoms with Crippen molar-refractivity contribution in [3.05, 3.63) is 16.6 Å². The van der Waals surface area contributed by atoms with Crippen LogP contribution in [0.4, 0.5) is 0 Å². The molecule has 1 heterocycles. The third kappa shape index (κ3) is 2.80. The summed E-state index contributed by atoms with van der Waals surface area (Å²) in [5.41, 5.74) is 3.19. The van der Waals surface area contributed by atoms with Crippen molar-refractivity contribution in [1.29, 1.82) is 0 Å². The van der Waals surface area contributed by atoms with Gasteiger partial charge in [0.2, 0.25) is 0 Å². The third-order valence-electron chi connectivity index (χ3n) is 1.50. The molecule has 0 aromatic carbocycles. The van der Waals surface area contributed by atoms with E-state index in [0.717, 1.165) is 12.1 Å². The highest BCUT2D eigenvalue weighted by atomic mass is 35.5. The highest BCUT2D eigenvalue weighted by molar-refractivity contribution is 7.07. The van der Waals surface area contributed by atoms with Crippen molar-refractivity contribution >= 4 is 22.9 Å². The van der Waals surface area contributed by atoms with Gasteiger partial charge in [-0.15, -0.1) is 22.9 Å². The normalized spacial score (nSPS) is 11.9. The Morgan fingerprint density at radius 1 is 1.64 bits per heavy atom. The quantitative estimate of drug-likeness (QED) is 0.667. The molecular formula is C8H12ClNS. The molecular weight excluding hydrogens is 178 g/mol. The average molecular weight is 190 g/mol. The summed E-state index contributed by atoms with van der Waals surface area (Å²) in [6.07, 6.45) is 0.972. The van der Waals surface area contributed by atoms with Crippen molar-refractivity contribution in [2.45, 2.75) is 20.3 Å². The van der Waals surface area contributed by atoms with E-state index in [1.807, 2.05) is 5.51 Å². The zero-order valence-corrected chi connectivity index (χ0v) is 8.37. The van der Waals surface area contributed by atoms with Gasteiger partial charge in [0.05, 0.1) is 11.2 Å². The first-order valence-corrected chi connectivity index (χ1v) is 5.05. The lowest BCUT2D eigenvalue weighted by Crippen LogP contribution is -2.16. The fourth-order valence-electron chi connectivity index (χ4n) is 0.862. The first kappa shape index (κ1) is 9.01. The largest absolute Gasteiger partial charge is 0.250 e. The molecule has 11 heavy (non-hydrogen) atoms. The van der Waals surface area contributed by atoms with Crippen molar-refractivity contribution < 1.29 is 0 Å². The van der Waals surface area contributed by atoms with Crippen LogP contribution in [0.25, 0.3) is 0 Å². The number of nitrogens with zero attached hydrogens (tertiary/aromatic N) is 1. The summed E-state index contributed by atoms with van der Waals surface area (Å²) >= 11 is 7.42. The smallest absolute Gasteiger partial charge is 0.0794 e. The van der Waals surface area contributed by atoms with E-state index in [9.17, 15) is 0 Å². The molecule has 1 aromatic heterocycles. The van der Waals surface area contributed by atoms with Gasteiger partial charge in [0.25, 0.3) is 0 Å². The first-order valence-electron chi connectivity index (χ1n) is 3.57. The highest BCUT2D eigenvalue weighted by Gasteiger charge is 2.17. The van der Waals surface area contributed by atoms with Gasteiger partial charge >= 0.3 is 0 Å². The highest BCUT2D eigenvalue weighted by Crippen LogP contribution is 2.22. The Bertz CT molecular complexity index is 206. The SMILES string of the molecule is CC(C)(CCl)Cc1cscn1. The van der Waals surface area contributed by atoms with E-state index in [1.165, 1.54) is 0 Å². The van der Waals surface area contributed by atoms with Gasteiger partial charge in [0, 0.05) is 11.3 Å². The molecule has 0 saturated heterocycles. The van der Waals surface area contributed by atoms with Crippen LogP contribution in [0.15, 0.2) is 10.9 Å². The molecule has 0 fully saturated rings. The molecule has 0 bridgehead atoms. The molecule has 0 aliphatic heterocycles. The lowest BCUT2D eigenvalue weighted by molar-refractivity contribution is 0.414. The Morgan fingerprint density at radius 3 is 2.82 bits per heavy atom. The minimum atomic E-state index is 0.176. The second-order valence-electron chi connectivity index (χ2n) is 3.45. The van der Waals surface area contributed by atoms with Crippen LogP contribution in [0, 0.1) is 5.41 Å². The second kappa shape index (κ2) is 3.55. The summed E-state index contributed by atoms with van der Waals surface area (Å²) in [7, 11) is 0. The molecule has 0 spiro atoms. The first-order chi connectivity index (χ1) is 5.14. The summed E-state index contributed by atoms with van der Waals surface area (Å²) in [6.45, 7) is 4.30. The molecule has 0 unspecified atom stereocenters. The van der Waals surface area contributed by atoms with Gasteiger partial charge in [0.15, 0.2) is 0 Å². The number of halogens is 1. The second-order valence-corrected chi connectivity index (χ2v) is 4.44. The molecule has 0 radical (unpaired) electrons. The monoisotopic (exact) mass is 189 g/mol. The van der Waals surface area contributed by atoms with E-state index in [-0.39, 0.29) is 5.41 Å². The Hall–Kier alpha value is -0.0800. The maximum Gasteiger partial charge on any atom is 0.0794 e. The summed E-state index contributed by atoms with van der Waals surface area (Å²) in [5, 5.41) is 2.08. The predicted octanol–water partition coefficient (Wildman–Crippen LogP) is 2.95. The summed E-state index contributed by atoms with van der Waals surface area (Å²) in [6, 6.07) is 0. The van der Waals surface area contributed by atoms with Crippen LogP contribution >= 0.6 is 22.9 Å². The molecule has 1 aromatic rings. The molecule has 1 nitrogen and oxygen atoms in total. The van der Waals surface area contributed by atoms with Crippen LogP contribution in [0.5, 0.6) is 0 Å². The molecule has 62 valence electrons. The Morgan fingerprint density at radius 2 is 2.36 bits per heavy atom. The van der Waals surface area contributed by atoms with Gasteiger partial charge in [-0.25, -0.2) is 4.98 Å². The summed E-state index contributed by atoms with van der Waals surface area (Å²) in [4.78, 5) is 4.21. The molecule has 0 aliphatic carbocycles. The van der Waals surface area contributed by atoms with Crippen molar-refractivity contribution in [3.63, 3.8) is 0 Å². The Kier molecular flexibility index (Phi) is 2.90. The zero-order chi connectivity index (χ0) is 8.32. The van der Waals surface area contributed by atoms with Crippen LogP contribution in [0.2, 0.25) is 0 Å². The fraction of sp³-hybridized carbons (Fsp3) is 0.625. The van der Waals surface area contributed by atoms with Crippen LogP contribution in [0.3, 0.4) is 0 Å². The lowest BCUT2D eigenvalue weighted by atomic mass is 9.91. The van der Waals surface area contributed by atoms with Crippen LogP contribution in [0.1, 0.15) is 19.5 Å². The number of aromatic nitrogens is 1. The summed E-state index contributed by atoms with van der Waals surface area (Å²) < 4.78 is 0. The van der Waals surface area contributed by atoms with Gasteiger partial charge < -0.3 is 0 Å². The minimum absolute atomic E-state index is 0.176. The van der Waals surface area contributed by atoms with Gasteiger partial charge in [-0.05, 0) is 11.8 Å². The van der Waals surface area contributed by atoms with Crippen LogP contribution < -0.4 is 0 Å². The van der Waals surface area contributed by atoms with E-state index >= 15 is 0 Å². The molecule has 0 saturated carbocycles. The maximum absolute atomic E-state index is 5.79. The standard InChI is InChI=1S/C8H12ClNS/c1-8(2,5-9)3-7-4-11-6-10-7/h4,6H,3,5H2,1-2H3. The van der Waals surface area contributed by atoms with E-state index in [4.69, 9.17) is 11.6 Å². The fourth-order valence-corrected chi connectivity index (χ4v) is 1.52. The van der Waals surface area contributed by atoms with Crippen LogP contribution in [-0.2, 0) is 6.42 Å². The van der Waals surface area contributed by atoms with Gasteiger partial charge in [-0.1, -0.05) is 13.8 Å². The van der Waals surface area contributed by atoms with E-state index in [2.05, 4.69) is 24.2 Å². The van der Waals surface area contributed by atoms with Crippen molar-refractivity contribution in [1.82, 2.24) is 4.98 Å². The van der Waals surface area contributed by atoms with Crippen molar-refractivity contribution in [2.24, 2.45) is 5.41 Å². The Labute approximate surface area is 76.4 Å². The average Bonchev–Trinajstić information content (AvgIpc) is 2.39. The summed E-state index contributed by atoms with van der Waals surface area (Å²) in [5.74, 6) is 0.685. The topological polar surface area (TPSA) is 12.9 Å². The maximum atomic E-state index is 5.79. The number of hydrogen-bond donors (Lipinski definition) is 0. The van der Waals surface area contributed by atoms with Gasteiger partial charge in [-0.2, -0.15) is 0 Å². The molecule has 0 N–H and O–H groups in total. The third-order valence-corrected chi connectivity index (χ3v) is 2.86. The minimum Gasteiger partial charge on any atom is -0.250 e. The van der Waals surface area contributed by atoms with Gasteiger partial charge in [0.1, 0.15) is 0 Å². The number of hydrogen-bond acceptors (Lipinski definition) is 2. The van der Waals surface area contributed by atoms with E-state index in [0.29, 0.717) is 5.88 Å². The van der Waals surface area contributed by atoms with Crippen molar-refractivity contribution in [3.8, 4) is 0 Å². The molecule has 0 aliphatic rings. The number of alkyl halides is 1. The van der Waals surface area contributed by atoms with Crippen LogP contribution in [-0.4, -0.2) is 10.9 Å². The van der Waals surface area contributed by atoms with E-state index in [1.54, 1.807) is 11.3 Å². The lowest BCUT2D eigenvalue weighted by Gasteiger charge is -2.19. The number of thiazole rings is 1. The Balaban J connectivity index is 2.56. The zero-order valence-electron chi connectivity index (χ0n) is 6.80. The molecule has 3 heteroatoms. The van der Waals surface area contributed by atoms with Gasteiger partial charge in [-0.3, -0.25) is 0 Å².